The van der Waals surface area contributed by atoms with Crippen molar-refractivity contribution in [1.29, 1.82) is 0 Å². The minimum atomic E-state index is -0.660. The van der Waals surface area contributed by atoms with Crippen LogP contribution in [0.3, 0.4) is 0 Å². The minimum absolute atomic E-state index is 0.0272. The zero-order valence-corrected chi connectivity index (χ0v) is 8.02. The van der Waals surface area contributed by atoms with Gasteiger partial charge in [-0.3, -0.25) is 9.59 Å². The highest BCUT2D eigenvalue weighted by molar-refractivity contribution is 6.06. The van der Waals surface area contributed by atoms with Crippen molar-refractivity contribution < 1.29 is 9.59 Å². The SMILES string of the molecule is CC(=O)[C@]1(C)CC[C@@H](C)CC1=O. The van der Waals surface area contributed by atoms with Gasteiger partial charge in [-0.05, 0) is 32.6 Å². The van der Waals surface area contributed by atoms with Crippen molar-refractivity contribution in [2.75, 3.05) is 0 Å². The van der Waals surface area contributed by atoms with Gasteiger partial charge in [0, 0.05) is 6.42 Å². The monoisotopic (exact) mass is 168 g/mol. The molecule has 0 spiro atoms. The Bertz CT molecular complexity index is 220. The van der Waals surface area contributed by atoms with E-state index in [-0.39, 0.29) is 11.6 Å². The van der Waals surface area contributed by atoms with Crippen molar-refractivity contribution >= 4 is 11.6 Å². The molecule has 2 heteroatoms. The highest BCUT2D eigenvalue weighted by Gasteiger charge is 2.41. The van der Waals surface area contributed by atoms with Crippen LogP contribution in [-0.4, -0.2) is 11.6 Å². The molecule has 0 unspecified atom stereocenters. The van der Waals surface area contributed by atoms with Crippen LogP contribution in [0.5, 0.6) is 0 Å². The molecule has 0 aromatic rings. The van der Waals surface area contributed by atoms with Crippen molar-refractivity contribution in [2.45, 2.75) is 40.0 Å². The topological polar surface area (TPSA) is 34.1 Å². The molecule has 0 aromatic carbocycles. The molecule has 2 atom stereocenters. The molecule has 2 nitrogen and oxygen atoms in total. The molecule has 0 aromatic heterocycles. The van der Waals surface area contributed by atoms with Gasteiger partial charge in [0.25, 0.3) is 0 Å². The summed E-state index contributed by atoms with van der Waals surface area (Å²) in [6, 6.07) is 0. The number of carbonyl (C=O) groups is 2. The molecule has 1 saturated carbocycles. The summed E-state index contributed by atoms with van der Waals surface area (Å²) in [4.78, 5) is 22.8. The zero-order chi connectivity index (χ0) is 9.35. The molecule has 0 heterocycles. The summed E-state index contributed by atoms with van der Waals surface area (Å²) in [6.07, 6.45) is 2.32. The number of rotatable bonds is 1. The van der Waals surface area contributed by atoms with E-state index < -0.39 is 5.41 Å². The van der Waals surface area contributed by atoms with Gasteiger partial charge in [0.05, 0.1) is 5.41 Å². The van der Waals surface area contributed by atoms with Crippen molar-refractivity contribution in [3.63, 3.8) is 0 Å². The number of Topliss-reactive ketones (excluding diaryl/α,β-unsaturated/α-hetero) is 2. The molecule has 1 aliphatic rings. The second-order valence-corrected chi connectivity index (χ2v) is 4.16. The van der Waals surface area contributed by atoms with E-state index in [1.807, 2.05) is 0 Å². The first kappa shape index (κ1) is 9.43. The van der Waals surface area contributed by atoms with E-state index in [1.54, 1.807) is 6.92 Å². The quantitative estimate of drug-likeness (QED) is 0.561. The Balaban J connectivity index is 2.80. The summed E-state index contributed by atoms with van der Waals surface area (Å²) < 4.78 is 0. The smallest absolute Gasteiger partial charge is 0.146 e. The number of carbonyl (C=O) groups excluding carboxylic acids is 2. The van der Waals surface area contributed by atoms with Crippen LogP contribution in [0.4, 0.5) is 0 Å². The summed E-state index contributed by atoms with van der Waals surface area (Å²) in [5.41, 5.74) is -0.660. The Morgan fingerprint density at radius 3 is 2.58 bits per heavy atom. The fourth-order valence-corrected chi connectivity index (χ4v) is 1.69. The maximum absolute atomic E-state index is 11.5. The van der Waals surface area contributed by atoms with E-state index >= 15 is 0 Å². The number of hydrogen-bond donors (Lipinski definition) is 0. The fraction of sp³-hybridized carbons (Fsp3) is 0.800. The van der Waals surface area contributed by atoms with Crippen LogP contribution in [-0.2, 0) is 9.59 Å². The molecule has 0 radical (unpaired) electrons. The molecule has 1 fully saturated rings. The molecule has 0 N–H and O–H groups in total. The van der Waals surface area contributed by atoms with Gasteiger partial charge in [0.15, 0.2) is 0 Å². The highest BCUT2D eigenvalue weighted by atomic mass is 16.2. The van der Waals surface area contributed by atoms with E-state index in [0.717, 1.165) is 12.8 Å². The van der Waals surface area contributed by atoms with Crippen molar-refractivity contribution in [3.05, 3.63) is 0 Å². The van der Waals surface area contributed by atoms with Crippen LogP contribution >= 0.6 is 0 Å². The van der Waals surface area contributed by atoms with Crippen LogP contribution in [0.15, 0.2) is 0 Å². The Morgan fingerprint density at radius 1 is 1.58 bits per heavy atom. The Morgan fingerprint density at radius 2 is 2.17 bits per heavy atom. The molecular formula is C10H16O2. The van der Waals surface area contributed by atoms with Gasteiger partial charge in [-0.25, -0.2) is 0 Å². The highest BCUT2D eigenvalue weighted by Crippen LogP contribution is 2.36. The molecule has 0 amide bonds. The third-order valence-corrected chi connectivity index (χ3v) is 3.06. The Kier molecular flexibility index (Phi) is 2.36. The Hall–Kier alpha value is -0.660. The van der Waals surface area contributed by atoms with Gasteiger partial charge >= 0.3 is 0 Å². The van der Waals surface area contributed by atoms with Crippen molar-refractivity contribution in [3.8, 4) is 0 Å². The molecule has 12 heavy (non-hydrogen) atoms. The Labute approximate surface area is 73.3 Å². The first-order chi connectivity index (χ1) is 5.47. The molecule has 1 aliphatic carbocycles. The minimum Gasteiger partial charge on any atom is -0.299 e. The van der Waals surface area contributed by atoms with E-state index in [4.69, 9.17) is 0 Å². The van der Waals surface area contributed by atoms with E-state index in [1.165, 1.54) is 6.92 Å². The van der Waals surface area contributed by atoms with Crippen LogP contribution in [0, 0.1) is 11.3 Å². The molecule has 0 aliphatic heterocycles. The van der Waals surface area contributed by atoms with E-state index in [0.29, 0.717) is 12.3 Å². The second-order valence-electron chi connectivity index (χ2n) is 4.16. The first-order valence-corrected chi connectivity index (χ1v) is 4.51. The third-order valence-electron chi connectivity index (χ3n) is 3.06. The normalized spacial score (nSPS) is 36.6. The van der Waals surface area contributed by atoms with Crippen molar-refractivity contribution in [2.24, 2.45) is 11.3 Å². The van der Waals surface area contributed by atoms with Gasteiger partial charge in [-0.2, -0.15) is 0 Å². The van der Waals surface area contributed by atoms with Gasteiger partial charge in [-0.1, -0.05) is 6.92 Å². The van der Waals surface area contributed by atoms with E-state index in [2.05, 4.69) is 6.92 Å². The van der Waals surface area contributed by atoms with Crippen LogP contribution in [0.1, 0.15) is 40.0 Å². The molecule has 68 valence electrons. The van der Waals surface area contributed by atoms with Crippen LogP contribution in [0.25, 0.3) is 0 Å². The summed E-state index contributed by atoms with van der Waals surface area (Å²) in [7, 11) is 0. The summed E-state index contributed by atoms with van der Waals surface area (Å²) in [6.45, 7) is 5.37. The van der Waals surface area contributed by atoms with Gasteiger partial charge in [0.2, 0.25) is 0 Å². The number of hydrogen-bond acceptors (Lipinski definition) is 2. The summed E-state index contributed by atoms with van der Waals surface area (Å²) in [5.74, 6) is 0.623. The summed E-state index contributed by atoms with van der Waals surface area (Å²) >= 11 is 0. The number of ketones is 2. The average Bonchev–Trinajstić information content (AvgIpc) is 1.97. The lowest BCUT2D eigenvalue weighted by Gasteiger charge is -2.32. The average molecular weight is 168 g/mol. The lowest BCUT2D eigenvalue weighted by Crippen LogP contribution is -2.39. The van der Waals surface area contributed by atoms with Crippen molar-refractivity contribution in [1.82, 2.24) is 0 Å². The van der Waals surface area contributed by atoms with E-state index in [9.17, 15) is 9.59 Å². The lowest BCUT2D eigenvalue weighted by atomic mass is 9.69. The van der Waals surface area contributed by atoms with Gasteiger partial charge < -0.3 is 0 Å². The second kappa shape index (κ2) is 3.00. The van der Waals surface area contributed by atoms with Crippen LogP contribution < -0.4 is 0 Å². The molecule has 0 bridgehead atoms. The fourth-order valence-electron chi connectivity index (χ4n) is 1.69. The first-order valence-electron chi connectivity index (χ1n) is 4.51. The van der Waals surface area contributed by atoms with Crippen LogP contribution in [0.2, 0.25) is 0 Å². The largest absolute Gasteiger partial charge is 0.299 e. The molecule has 1 rings (SSSR count). The van der Waals surface area contributed by atoms with Gasteiger partial charge in [-0.15, -0.1) is 0 Å². The summed E-state index contributed by atoms with van der Waals surface area (Å²) in [5, 5.41) is 0. The standard InChI is InChI=1S/C10H16O2/c1-7-4-5-10(3,8(2)11)9(12)6-7/h7H,4-6H2,1-3H3/t7-,10+/m1/s1. The lowest BCUT2D eigenvalue weighted by molar-refractivity contribution is -0.141. The molecule has 0 saturated heterocycles. The van der Waals surface area contributed by atoms with Gasteiger partial charge in [0.1, 0.15) is 11.6 Å². The maximum atomic E-state index is 11.5. The maximum Gasteiger partial charge on any atom is 0.146 e. The molecular weight excluding hydrogens is 152 g/mol. The zero-order valence-electron chi connectivity index (χ0n) is 8.02. The predicted molar refractivity (Wildman–Crippen MR) is 46.8 cm³/mol. The third kappa shape index (κ3) is 1.43. The predicted octanol–water partition coefficient (Wildman–Crippen LogP) is 1.97.